The Morgan fingerprint density at radius 2 is 2.04 bits per heavy atom. The van der Waals surface area contributed by atoms with Crippen molar-refractivity contribution < 1.29 is 20.1 Å². The minimum Gasteiger partial charge on any atom is -0.361 e. The van der Waals surface area contributed by atoms with Crippen molar-refractivity contribution in [1.29, 1.82) is 0 Å². The van der Waals surface area contributed by atoms with E-state index in [-0.39, 0.29) is 20.1 Å². The molecule has 3 aromatic rings. The first-order valence-corrected chi connectivity index (χ1v) is 8.90. The van der Waals surface area contributed by atoms with Crippen molar-refractivity contribution in [3.8, 4) is 11.3 Å². The van der Waals surface area contributed by atoms with Crippen molar-refractivity contribution in [2.75, 3.05) is 13.7 Å². The van der Waals surface area contributed by atoms with Crippen LogP contribution in [0, 0.1) is 12.1 Å². The summed E-state index contributed by atoms with van der Waals surface area (Å²) in [6.45, 7) is 0.914. The zero-order valence-electron chi connectivity index (χ0n) is 14.4. The molecule has 0 atom stereocenters. The molecule has 5 heteroatoms. The van der Waals surface area contributed by atoms with E-state index in [9.17, 15) is 0 Å². The first-order chi connectivity index (χ1) is 12.3. The van der Waals surface area contributed by atoms with Gasteiger partial charge >= 0.3 is 0 Å². The molecular formula is C21H19IrN3S-2. The smallest absolute Gasteiger partial charge is 0.0921 e. The Balaban J connectivity index is 0.000000180. The van der Waals surface area contributed by atoms with Gasteiger partial charge in [-0.15, -0.1) is 41.3 Å². The van der Waals surface area contributed by atoms with E-state index in [1.165, 1.54) is 0 Å². The number of hydrogen-bond acceptors (Lipinski definition) is 4. The number of benzene rings is 1. The Morgan fingerprint density at radius 3 is 2.65 bits per heavy atom. The van der Waals surface area contributed by atoms with Crippen LogP contribution in [0.1, 0.15) is 5.56 Å². The standard InChI is InChI=1S/C11H8N.C10H11N2S.Ir/c1-2-6-10(7-3-1)11-8-4-5-9-12-11;1-11-5-6-12(9-11)4-2-10-3-7-13-8-10;/h1-6,8-9H;3-8H,9H2,1H3;/q2*-1;. The zero-order valence-corrected chi connectivity index (χ0v) is 17.6. The first-order valence-electron chi connectivity index (χ1n) is 7.96. The predicted octanol–water partition coefficient (Wildman–Crippen LogP) is 4.64. The predicted molar refractivity (Wildman–Crippen MR) is 103 cm³/mol. The summed E-state index contributed by atoms with van der Waals surface area (Å²) in [6.07, 6.45) is 11.1. The third kappa shape index (κ3) is 6.26. The number of nitrogens with zero attached hydrogens (tertiary/aromatic N) is 3. The van der Waals surface area contributed by atoms with E-state index in [1.54, 1.807) is 17.5 Å². The van der Waals surface area contributed by atoms with Crippen molar-refractivity contribution in [2.24, 2.45) is 0 Å². The largest absolute Gasteiger partial charge is 0.361 e. The first kappa shape index (κ1) is 20.1. The number of hydrogen-bond donors (Lipinski definition) is 0. The molecule has 0 bridgehead atoms. The maximum Gasteiger partial charge on any atom is 0.0921 e. The fourth-order valence-corrected chi connectivity index (χ4v) is 2.81. The van der Waals surface area contributed by atoms with Gasteiger partial charge < -0.3 is 14.8 Å². The van der Waals surface area contributed by atoms with Gasteiger partial charge in [-0.2, -0.15) is 17.7 Å². The van der Waals surface area contributed by atoms with Crippen molar-refractivity contribution in [1.82, 2.24) is 14.8 Å². The van der Waals surface area contributed by atoms with Gasteiger partial charge in [0.25, 0.3) is 0 Å². The molecule has 1 radical (unpaired) electrons. The van der Waals surface area contributed by atoms with Crippen LogP contribution in [0.25, 0.3) is 11.3 Å². The quantitative estimate of drug-likeness (QED) is 0.454. The molecule has 0 N–H and O–H groups in total. The summed E-state index contributed by atoms with van der Waals surface area (Å²) in [7, 11) is 2.05. The Hall–Kier alpha value is -2.20. The minimum absolute atomic E-state index is 0. The van der Waals surface area contributed by atoms with E-state index >= 15 is 0 Å². The van der Waals surface area contributed by atoms with Gasteiger partial charge in [0, 0.05) is 45.7 Å². The van der Waals surface area contributed by atoms with Crippen LogP contribution >= 0.6 is 11.3 Å². The van der Waals surface area contributed by atoms with E-state index in [0.717, 1.165) is 23.5 Å². The van der Waals surface area contributed by atoms with Crippen LogP contribution in [0.3, 0.4) is 0 Å². The number of pyridine rings is 1. The van der Waals surface area contributed by atoms with Crippen molar-refractivity contribution >= 4 is 11.3 Å². The van der Waals surface area contributed by atoms with E-state index in [1.807, 2.05) is 61.1 Å². The average Bonchev–Trinajstić information content (AvgIpc) is 3.34. The molecular weight excluding hydrogens is 519 g/mol. The second-order valence-corrected chi connectivity index (χ2v) is 6.27. The summed E-state index contributed by atoms with van der Waals surface area (Å²) < 4.78 is 0. The molecule has 0 amide bonds. The summed E-state index contributed by atoms with van der Waals surface area (Å²) in [4.78, 5) is 8.43. The fraction of sp³-hybridized carbons (Fsp3) is 0.0952. The van der Waals surface area contributed by atoms with Crippen LogP contribution in [-0.4, -0.2) is 28.5 Å². The topological polar surface area (TPSA) is 19.4 Å². The number of rotatable bonds is 3. The maximum absolute atomic E-state index is 4.22. The van der Waals surface area contributed by atoms with E-state index in [2.05, 4.69) is 50.8 Å². The monoisotopic (exact) mass is 538 g/mol. The molecule has 0 aliphatic carbocycles. The second-order valence-electron chi connectivity index (χ2n) is 5.49. The van der Waals surface area contributed by atoms with Crippen LogP contribution in [0.4, 0.5) is 0 Å². The van der Waals surface area contributed by atoms with Crippen molar-refractivity contribution in [2.45, 2.75) is 0 Å². The molecule has 1 aliphatic rings. The van der Waals surface area contributed by atoms with Gasteiger partial charge in [0.2, 0.25) is 0 Å². The molecule has 1 aliphatic heterocycles. The summed E-state index contributed by atoms with van der Waals surface area (Å²) >= 11 is 1.69. The molecule has 4 rings (SSSR count). The Kier molecular flexibility index (Phi) is 8.29. The second kappa shape index (κ2) is 10.7. The van der Waals surface area contributed by atoms with Gasteiger partial charge in [0.15, 0.2) is 0 Å². The van der Waals surface area contributed by atoms with Gasteiger partial charge in [0.1, 0.15) is 0 Å². The minimum atomic E-state index is 0. The SMILES string of the molecule is CN1C=CN(C=[C-]c2ccsc2)C1.[Ir].[c-]1ccccc1-c1ccccn1. The zero-order chi connectivity index (χ0) is 17.3. The van der Waals surface area contributed by atoms with Gasteiger partial charge in [-0.25, -0.2) is 11.3 Å². The van der Waals surface area contributed by atoms with Gasteiger partial charge in [-0.05, 0) is 11.8 Å². The summed E-state index contributed by atoms with van der Waals surface area (Å²) in [5.74, 6) is 0. The summed E-state index contributed by atoms with van der Waals surface area (Å²) in [6, 6.07) is 18.9. The molecule has 2 aromatic heterocycles. The van der Waals surface area contributed by atoms with Crippen molar-refractivity contribution in [3.05, 3.63) is 102 Å². The summed E-state index contributed by atoms with van der Waals surface area (Å²) in [5, 5.41) is 4.14. The van der Waals surface area contributed by atoms with Gasteiger partial charge in [-0.1, -0.05) is 23.7 Å². The molecule has 26 heavy (non-hydrogen) atoms. The molecule has 135 valence electrons. The third-order valence-electron chi connectivity index (χ3n) is 3.47. The number of thiophene rings is 1. The molecule has 0 saturated carbocycles. The molecule has 1 aromatic carbocycles. The average molecular weight is 538 g/mol. The molecule has 0 unspecified atom stereocenters. The van der Waals surface area contributed by atoms with Gasteiger partial charge in [-0.3, -0.25) is 0 Å². The maximum atomic E-state index is 4.22. The van der Waals surface area contributed by atoms with Crippen LogP contribution < -0.4 is 0 Å². The van der Waals surface area contributed by atoms with E-state index in [0.29, 0.717) is 0 Å². The molecule has 0 saturated heterocycles. The Morgan fingerprint density at radius 1 is 1.15 bits per heavy atom. The third-order valence-corrected chi connectivity index (χ3v) is 4.15. The van der Waals surface area contributed by atoms with Gasteiger partial charge in [0.05, 0.1) is 6.67 Å². The van der Waals surface area contributed by atoms with E-state index < -0.39 is 0 Å². The van der Waals surface area contributed by atoms with E-state index in [4.69, 9.17) is 0 Å². The van der Waals surface area contributed by atoms with Crippen LogP contribution in [0.2, 0.25) is 0 Å². The van der Waals surface area contributed by atoms with Crippen molar-refractivity contribution in [3.63, 3.8) is 0 Å². The molecule has 0 fully saturated rings. The normalized spacial score (nSPS) is 12.7. The van der Waals surface area contributed by atoms with Crippen LogP contribution in [0.5, 0.6) is 0 Å². The Labute approximate surface area is 172 Å². The molecule has 0 spiro atoms. The van der Waals surface area contributed by atoms with Crippen LogP contribution in [0.15, 0.2) is 84.1 Å². The Bertz CT molecular complexity index is 764. The fourth-order valence-electron chi connectivity index (χ4n) is 2.21. The molecule has 3 heterocycles. The summed E-state index contributed by atoms with van der Waals surface area (Å²) in [5.41, 5.74) is 3.16. The van der Waals surface area contributed by atoms with Crippen LogP contribution in [-0.2, 0) is 20.1 Å². The number of aromatic nitrogens is 1. The molecule has 3 nitrogen and oxygen atoms in total.